The van der Waals surface area contributed by atoms with E-state index >= 15 is 0 Å². The van der Waals surface area contributed by atoms with Crippen LogP contribution >= 0.6 is 11.6 Å². The lowest BCUT2D eigenvalue weighted by Crippen LogP contribution is -2.36. The molecule has 4 aromatic rings. The van der Waals surface area contributed by atoms with Crippen LogP contribution in [0.3, 0.4) is 0 Å². The van der Waals surface area contributed by atoms with Gasteiger partial charge in [0.1, 0.15) is 0 Å². The van der Waals surface area contributed by atoms with Gasteiger partial charge in [0.05, 0.1) is 5.52 Å². The Morgan fingerprint density at radius 1 is 0.914 bits per heavy atom. The Morgan fingerprint density at radius 3 is 2.43 bits per heavy atom. The zero-order chi connectivity index (χ0) is 24.6. The Morgan fingerprint density at radius 2 is 1.69 bits per heavy atom. The van der Waals surface area contributed by atoms with Gasteiger partial charge in [0.25, 0.3) is 5.56 Å². The Kier molecular flexibility index (Phi) is 8.62. The number of pyridine rings is 1. The van der Waals surface area contributed by atoms with Gasteiger partial charge in [0.15, 0.2) is 0 Å². The third-order valence-corrected chi connectivity index (χ3v) is 6.92. The van der Waals surface area contributed by atoms with E-state index in [1.54, 1.807) is 6.07 Å². The first-order chi connectivity index (χ1) is 17.1. The van der Waals surface area contributed by atoms with Crippen LogP contribution in [0.1, 0.15) is 38.7 Å². The van der Waals surface area contributed by atoms with E-state index in [1.165, 1.54) is 18.4 Å². The molecule has 4 nitrogen and oxygen atoms in total. The van der Waals surface area contributed by atoms with Crippen LogP contribution < -0.4 is 10.9 Å². The molecule has 0 bridgehead atoms. The molecule has 1 unspecified atom stereocenters. The number of anilines is 1. The highest BCUT2D eigenvalue weighted by molar-refractivity contribution is 6.33. The summed E-state index contributed by atoms with van der Waals surface area (Å²) in [4.78, 5) is 18.4. The van der Waals surface area contributed by atoms with E-state index in [-0.39, 0.29) is 5.56 Å². The second-order valence-electron chi connectivity index (χ2n) is 9.00. The van der Waals surface area contributed by atoms with Gasteiger partial charge in [-0.2, -0.15) is 0 Å². The molecule has 4 rings (SSSR count). The van der Waals surface area contributed by atoms with E-state index in [0.717, 1.165) is 48.2 Å². The molecule has 2 N–H and O–H groups in total. The monoisotopic (exact) mass is 487 g/mol. The smallest absolute Gasteiger partial charge is 0.256 e. The topological polar surface area (TPSA) is 48.1 Å². The van der Waals surface area contributed by atoms with Gasteiger partial charge in [0.2, 0.25) is 0 Å². The lowest BCUT2D eigenvalue weighted by molar-refractivity contribution is 0.179. The predicted octanol–water partition coefficient (Wildman–Crippen LogP) is 7.34. The number of H-pyrrole nitrogens is 1. The van der Waals surface area contributed by atoms with Crippen molar-refractivity contribution >= 4 is 28.2 Å². The van der Waals surface area contributed by atoms with Crippen LogP contribution in [0, 0.1) is 0 Å². The van der Waals surface area contributed by atoms with Gasteiger partial charge in [-0.15, -0.1) is 0 Å². The summed E-state index contributed by atoms with van der Waals surface area (Å²) in [5.41, 5.74) is 4.39. The number of hydrogen-bond donors (Lipinski definition) is 2. The van der Waals surface area contributed by atoms with E-state index < -0.39 is 0 Å². The van der Waals surface area contributed by atoms with Gasteiger partial charge in [-0.25, -0.2) is 0 Å². The molecule has 5 heteroatoms. The van der Waals surface area contributed by atoms with Crippen molar-refractivity contribution < 1.29 is 0 Å². The van der Waals surface area contributed by atoms with Crippen molar-refractivity contribution in [2.24, 2.45) is 0 Å². The summed E-state index contributed by atoms with van der Waals surface area (Å²) in [5, 5.41) is 5.13. The van der Waals surface area contributed by atoms with Gasteiger partial charge in [-0.05, 0) is 54.6 Å². The molecule has 1 heterocycles. The molecular formula is C30H34ClN3O. The Hall–Kier alpha value is -3.08. The van der Waals surface area contributed by atoms with Crippen molar-refractivity contribution in [3.63, 3.8) is 0 Å². The standard InChI is InChI=1S/C30H34ClN3O/c1-3-10-25(34(4-2)21-22-11-6-5-7-12-22)17-18-32-24-16-15-23-19-27(30(35)33-29(23)20-24)26-13-8-9-14-28(26)31/h5-9,11-16,19-20,25,32H,3-4,10,17-18,21H2,1-2H3,(H,33,35). The minimum absolute atomic E-state index is 0.134. The molecule has 0 radical (unpaired) electrons. The number of hydrogen-bond acceptors (Lipinski definition) is 3. The summed E-state index contributed by atoms with van der Waals surface area (Å²) in [6.07, 6.45) is 3.41. The maximum atomic E-state index is 12.8. The summed E-state index contributed by atoms with van der Waals surface area (Å²) in [6.45, 7) is 7.39. The van der Waals surface area contributed by atoms with Crippen LogP contribution in [0.5, 0.6) is 0 Å². The molecule has 0 aliphatic rings. The number of halogens is 1. The fourth-order valence-corrected chi connectivity index (χ4v) is 4.97. The molecule has 3 aromatic carbocycles. The van der Waals surface area contributed by atoms with Crippen molar-refractivity contribution in [1.29, 1.82) is 0 Å². The number of fused-ring (bicyclic) bond motifs is 1. The van der Waals surface area contributed by atoms with Crippen LogP contribution in [0.4, 0.5) is 5.69 Å². The molecule has 0 aliphatic heterocycles. The fourth-order valence-electron chi connectivity index (χ4n) is 4.73. The van der Waals surface area contributed by atoms with Crippen molar-refractivity contribution in [2.75, 3.05) is 18.4 Å². The number of nitrogens with one attached hydrogen (secondary N) is 2. The molecule has 1 atom stereocenters. The molecule has 0 spiro atoms. The Balaban J connectivity index is 1.44. The maximum Gasteiger partial charge on any atom is 0.256 e. The first-order valence-electron chi connectivity index (χ1n) is 12.5. The van der Waals surface area contributed by atoms with Gasteiger partial charge < -0.3 is 10.3 Å². The highest BCUT2D eigenvalue weighted by Gasteiger charge is 2.16. The first kappa shape index (κ1) is 25.0. The molecule has 0 saturated carbocycles. The lowest BCUT2D eigenvalue weighted by atomic mass is 10.0. The van der Waals surface area contributed by atoms with Gasteiger partial charge in [0, 0.05) is 41.0 Å². The Labute approximate surface area is 213 Å². The molecule has 0 fully saturated rings. The number of rotatable bonds is 11. The van der Waals surface area contributed by atoms with E-state index in [4.69, 9.17) is 11.6 Å². The summed E-state index contributed by atoms with van der Waals surface area (Å²) < 4.78 is 0. The van der Waals surface area contributed by atoms with Crippen molar-refractivity contribution in [3.8, 4) is 11.1 Å². The van der Waals surface area contributed by atoms with Crippen molar-refractivity contribution in [2.45, 2.75) is 45.7 Å². The first-order valence-corrected chi connectivity index (χ1v) is 12.9. The number of nitrogens with zero attached hydrogens (tertiary/aromatic N) is 1. The third kappa shape index (κ3) is 6.33. The number of aromatic nitrogens is 1. The lowest BCUT2D eigenvalue weighted by Gasteiger charge is -2.31. The maximum absolute atomic E-state index is 12.8. The molecular weight excluding hydrogens is 454 g/mol. The van der Waals surface area contributed by atoms with Crippen LogP contribution in [0.25, 0.3) is 22.0 Å². The van der Waals surface area contributed by atoms with Crippen LogP contribution in [-0.4, -0.2) is 29.0 Å². The van der Waals surface area contributed by atoms with E-state index in [0.29, 0.717) is 16.6 Å². The second kappa shape index (κ2) is 12.1. The quantitative estimate of drug-likeness (QED) is 0.232. The molecule has 0 saturated heterocycles. The summed E-state index contributed by atoms with van der Waals surface area (Å²) in [7, 11) is 0. The average molecular weight is 488 g/mol. The van der Waals surface area contributed by atoms with Gasteiger partial charge >= 0.3 is 0 Å². The van der Waals surface area contributed by atoms with Crippen LogP contribution in [-0.2, 0) is 6.54 Å². The van der Waals surface area contributed by atoms with E-state index in [1.807, 2.05) is 36.4 Å². The summed E-state index contributed by atoms with van der Waals surface area (Å²) in [5.74, 6) is 0. The largest absolute Gasteiger partial charge is 0.385 e. The molecule has 182 valence electrons. The second-order valence-corrected chi connectivity index (χ2v) is 9.41. The van der Waals surface area contributed by atoms with Gasteiger partial charge in [-0.3, -0.25) is 9.69 Å². The minimum Gasteiger partial charge on any atom is -0.385 e. The SMILES string of the molecule is CCCC(CCNc1ccc2cc(-c3ccccc3Cl)c(=O)[nH]c2c1)N(CC)Cc1ccccc1. The third-order valence-electron chi connectivity index (χ3n) is 6.59. The average Bonchev–Trinajstić information content (AvgIpc) is 2.87. The molecule has 35 heavy (non-hydrogen) atoms. The fraction of sp³-hybridized carbons (Fsp3) is 0.300. The van der Waals surface area contributed by atoms with E-state index in [2.05, 4.69) is 65.4 Å². The minimum atomic E-state index is -0.134. The molecule has 0 aliphatic carbocycles. The Bertz CT molecular complexity index is 1300. The summed E-state index contributed by atoms with van der Waals surface area (Å²) in [6, 6.07) is 26.7. The van der Waals surface area contributed by atoms with Gasteiger partial charge in [-0.1, -0.05) is 86.5 Å². The number of aromatic amines is 1. The van der Waals surface area contributed by atoms with Crippen molar-refractivity contribution in [1.82, 2.24) is 9.88 Å². The van der Waals surface area contributed by atoms with Crippen LogP contribution in [0.15, 0.2) is 83.7 Å². The zero-order valence-electron chi connectivity index (χ0n) is 20.6. The van der Waals surface area contributed by atoms with Crippen molar-refractivity contribution in [3.05, 3.63) is 99.8 Å². The zero-order valence-corrected chi connectivity index (χ0v) is 21.3. The molecule has 0 amide bonds. The van der Waals surface area contributed by atoms with E-state index in [9.17, 15) is 4.79 Å². The predicted molar refractivity (Wildman–Crippen MR) is 149 cm³/mol. The normalized spacial score (nSPS) is 12.2. The highest BCUT2D eigenvalue weighted by atomic mass is 35.5. The summed E-state index contributed by atoms with van der Waals surface area (Å²) >= 11 is 6.32. The molecule has 1 aromatic heterocycles. The highest BCUT2D eigenvalue weighted by Crippen LogP contribution is 2.27. The van der Waals surface area contributed by atoms with Crippen LogP contribution in [0.2, 0.25) is 5.02 Å². The number of benzene rings is 3.